The molecule has 32 heavy (non-hydrogen) atoms. The van der Waals surface area contributed by atoms with Gasteiger partial charge in [-0.05, 0) is 66.0 Å². The van der Waals surface area contributed by atoms with Gasteiger partial charge in [0, 0.05) is 21.7 Å². The number of fused-ring (bicyclic) bond motifs is 1. The van der Waals surface area contributed by atoms with Gasteiger partial charge in [0.05, 0.1) is 17.3 Å². The zero-order valence-electron chi connectivity index (χ0n) is 16.7. The number of nitrogens with zero attached hydrogens (tertiary/aromatic N) is 1. The van der Waals surface area contributed by atoms with E-state index in [1.54, 1.807) is 36.4 Å². The lowest BCUT2D eigenvalue weighted by atomic mass is 10.1. The molecule has 0 aromatic heterocycles. The Morgan fingerprint density at radius 2 is 1.75 bits per heavy atom. The number of amides is 2. The van der Waals surface area contributed by atoms with E-state index < -0.39 is 12.7 Å². The number of halogens is 2. The number of carbonyl (C=O) groups excluding carboxylic acids is 1. The Bertz CT molecular complexity index is 1330. The quantitative estimate of drug-likeness (QED) is 0.339. The summed E-state index contributed by atoms with van der Waals surface area (Å²) in [4.78, 5) is 12.5. The molecule has 158 valence electrons. The SMILES string of the molecule is N#Cc1ccc(Oc2ccc3cccc(NC(=O)Nc4ccc(Cl)c(CF)c4)c3c2)cc1. The number of rotatable bonds is 5. The Morgan fingerprint density at radius 1 is 0.969 bits per heavy atom. The van der Waals surface area contributed by atoms with Crippen LogP contribution in [0, 0.1) is 11.3 Å². The maximum atomic E-state index is 13.0. The number of urea groups is 1. The van der Waals surface area contributed by atoms with Gasteiger partial charge in [-0.3, -0.25) is 0 Å². The Balaban J connectivity index is 1.55. The summed E-state index contributed by atoms with van der Waals surface area (Å²) in [6.07, 6.45) is 0. The molecule has 0 aliphatic carbocycles. The molecule has 2 amide bonds. The first-order valence-electron chi connectivity index (χ1n) is 9.69. The lowest BCUT2D eigenvalue weighted by Crippen LogP contribution is -2.19. The first-order chi connectivity index (χ1) is 15.6. The van der Waals surface area contributed by atoms with Gasteiger partial charge in [0.15, 0.2) is 0 Å². The van der Waals surface area contributed by atoms with E-state index in [9.17, 15) is 9.18 Å². The van der Waals surface area contributed by atoms with Gasteiger partial charge in [0.25, 0.3) is 0 Å². The third-order valence-corrected chi connectivity index (χ3v) is 5.14. The molecule has 0 fully saturated rings. The first kappa shape index (κ1) is 21.2. The second-order valence-corrected chi connectivity index (χ2v) is 7.35. The largest absolute Gasteiger partial charge is 0.457 e. The third-order valence-electron chi connectivity index (χ3n) is 4.77. The van der Waals surface area contributed by atoms with E-state index in [-0.39, 0.29) is 0 Å². The monoisotopic (exact) mass is 445 g/mol. The smallest absolute Gasteiger partial charge is 0.323 e. The molecule has 0 atom stereocenters. The van der Waals surface area contributed by atoms with E-state index in [1.165, 1.54) is 12.1 Å². The van der Waals surface area contributed by atoms with Crippen LogP contribution in [0.4, 0.5) is 20.6 Å². The van der Waals surface area contributed by atoms with E-state index in [0.717, 1.165) is 10.8 Å². The van der Waals surface area contributed by atoms with Crippen LogP contribution >= 0.6 is 11.6 Å². The summed E-state index contributed by atoms with van der Waals surface area (Å²) >= 11 is 5.92. The molecular weight excluding hydrogens is 429 g/mol. The van der Waals surface area contributed by atoms with Crippen molar-refractivity contribution in [2.75, 3.05) is 10.6 Å². The molecule has 2 N–H and O–H groups in total. The highest BCUT2D eigenvalue weighted by atomic mass is 35.5. The fourth-order valence-corrected chi connectivity index (χ4v) is 3.37. The first-order valence-corrected chi connectivity index (χ1v) is 10.1. The molecule has 4 rings (SSSR count). The van der Waals surface area contributed by atoms with E-state index in [2.05, 4.69) is 16.7 Å². The molecule has 0 unspecified atom stereocenters. The fourth-order valence-electron chi connectivity index (χ4n) is 3.20. The van der Waals surface area contributed by atoms with Gasteiger partial charge < -0.3 is 15.4 Å². The van der Waals surface area contributed by atoms with Gasteiger partial charge in [-0.1, -0.05) is 29.8 Å². The number of ether oxygens (including phenoxy) is 1. The van der Waals surface area contributed by atoms with Crippen molar-refractivity contribution >= 4 is 39.8 Å². The average molecular weight is 446 g/mol. The van der Waals surface area contributed by atoms with E-state index in [4.69, 9.17) is 21.6 Å². The minimum atomic E-state index is -0.721. The predicted molar refractivity (Wildman–Crippen MR) is 124 cm³/mol. The zero-order valence-corrected chi connectivity index (χ0v) is 17.5. The van der Waals surface area contributed by atoms with E-state index in [0.29, 0.717) is 39.0 Å². The van der Waals surface area contributed by atoms with Gasteiger partial charge >= 0.3 is 6.03 Å². The highest BCUT2D eigenvalue weighted by Crippen LogP contribution is 2.30. The van der Waals surface area contributed by atoms with E-state index >= 15 is 0 Å². The molecule has 0 aliphatic heterocycles. The molecule has 0 spiro atoms. The molecule has 7 heteroatoms. The molecule has 5 nitrogen and oxygen atoms in total. The number of alkyl halides is 1. The van der Waals surface area contributed by atoms with Crippen molar-refractivity contribution in [1.82, 2.24) is 0 Å². The number of carbonyl (C=O) groups is 1. The Hall–Kier alpha value is -4.08. The number of hydrogen-bond acceptors (Lipinski definition) is 3. The topological polar surface area (TPSA) is 74.1 Å². The standard InChI is InChI=1S/C25H17ClFN3O2/c26-23-11-7-19(12-18(23)14-27)29-25(31)30-24-3-1-2-17-6-10-21(13-22(17)24)32-20-8-4-16(15-28)5-9-20/h1-13H,14H2,(H2,29,30,31). The number of nitrogens with one attached hydrogen (secondary N) is 2. The molecular formula is C25H17ClFN3O2. The maximum absolute atomic E-state index is 13.0. The van der Waals surface area contributed by atoms with Gasteiger partial charge in [0.1, 0.15) is 18.2 Å². The Labute approximate surface area is 189 Å². The Morgan fingerprint density at radius 3 is 2.50 bits per heavy atom. The van der Waals surface area contributed by atoms with Gasteiger partial charge in [-0.15, -0.1) is 0 Å². The molecule has 0 bridgehead atoms. The van der Waals surface area contributed by atoms with Crippen LogP contribution in [-0.2, 0) is 6.67 Å². The minimum Gasteiger partial charge on any atom is -0.457 e. The van der Waals surface area contributed by atoms with Crippen LogP contribution in [0.5, 0.6) is 11.5 Å². The molecule has 4 aromatic rings. The molecule has 0 heterocycles. The fraction of sp³-hybridized carbons (Fsp3) is 0.0400. The van der Waals surface area contributed by atoms with Crippen molar-refractivity contribution in [2.45, 2.75) is 6.67 Å². The molecule has 4 aromatic carbocycles. The number of nitriles is 1. The molecule has 0 saturated heterocycles. The molecule has 0 aliphatic rings. The van der Waals surface area contributed by atoms with Crippen molar-refractivity contribution in [3.05, 3.63) is 95.0 Å². The number of anilines is 2. The van der Waals surface area contributed by atoms with Crippen molar-refractivity contribution < 1.29 is 13.9 Å². The Kier molecular flexibility index (Phi) is 6.20. The van der Waals surface area contributed by atoms with Crippen LogP contribution in [0.25, 0.3) is 10.8 Å². The highest BCUT2D eigenvalue weighted by Gasteiger charge is 2.09. The van der Waals surface area contributed by atoms with Crippen LogP contribution in [0.3, 0.4) is 0 Å². The zero-order chi connectivity index (χ0) is 22.5. The summed E-state index contributed by atoms with van der Waals surface area (Å²) in [5.41, 5.74) is 1.88. The summed E-state index contributed by atoms with van der Waals surface area (Å²) in [6.45, 7) is -0.721. The van der Waals surface area contributed by atoms with Crippen LogP contribution in [-0.4, -0.2) is 6.03 Å². The normalized spacial score (nSPS) is 10.4. The van der Waals surface area contributed by atoms with Crippen molar-refractivity contribution in [3.63, 3.8) is 0 Å². The third kappa shape index (κ3) is 4.80. The van der Waals surface area contributed by atoms with Crippen LogP contribution < -0.4 is 15.4 Å². The van der Waals surface area contributed by atoms with Crippen LogP contribution in [0.1, 0.15) is 11.1 Å². The number of hydrogen-bond donors (Lipinski definition) is 2. The maximum Gasteiger partial charge on any atom is 0.323 e. The molecule has 0 saturated carbocycles. The van der Waals surface area contributed by atoms with Gasteiger partial charge in [0.2, 0.25) is 0 Å². The summed E-state index contributed by atoms with van der Waals surface area (Å²) in [5.74, 6) is 1.18. The van der Waals surface area contributed by atoms with Crippen molar-refractivity contribution in [1.29, 1.82) is 5.26 Å². The summed E-state index contributed by atoms with van der Waals surface area (Å²) < 4.78 is 18.9. The van der Waals surface area contributed by atoms with Crippen LogP contribution in [0.15, 0.2) is 78.9 Å². The van der Waals surface area contributed by atoms with Crippen molar-refractivity contribution in [3.8, 4) is 17.6 Å². The van der Waals surface area contributed by atoms with Gasteiger partial charge in [-0.2, -0.15) is 5.26 Å². The second kappa shape index (κ2) is 9.38. The van der Waals surface area contributed by atoms with Crippen LogP contribution in [0.2, 0.25) is 5.02 Å². The highest BCUT2D eigenvalue weighted by molar-refractivity contribution is 6.31. The number of benzene rings is 4. The average Bonchev–Trinajstić information content (AvgIpc) is 2.81. The summed E-state index contributed by atoms with van der Waals surface area (Å²) in [7, 11) is 0. The minimum absolute atomic E-state index is 0.305. The van der Waals surface area contributed by atoms with E-state index in [1.807, 2.05) is 30.3 Å². The summed E-state index contributed by atoms with van der Waals surface area (Å²) in [5, 5.41) is 16.4. The summed E-state index contributed by atoms with van der Waals surface area (Å²) in [6, 6.07) is 24.1. The second-order valence-electron chi connectivity index (χ2n) is 6.95. The molecule has 0 radical (unpaired) electrons. The lowest BCUT2D eigenvalue weighted by molar-refractivity contribution is 0.262. The van der Waals surface area contributed by atoms with Gasteiger partial charge in [-0.25, -0.2) is 9.18 Å². The predicted octanol–water partition coefficient (Wildman–Crippen LogP) is 7.27. The van der Waals surface area contributed by atoms with Crippen molar-refractivity contribution in [2.24, 2.45) is 0 Å². The lowest BCUT2D eigenvalue weighted by Gasteiger charge is -2.12.